The molecule has 1 fully saturated rings. The van der Waals surface area contributed by atoms with Crippen LogP contribution in [-0.4, -0.2) is 30.6 Å². The van der Waals surface area contributed by atoms with Gasteiger partial charge >= 0.3 is 0 Å². The van der Waals surface area contributed by atoms with Gasteiger partial charge in [0, 0.05) is 18.6 Å². The first-order valence-corrected chi connectivity index (χ1v) is 8.08. The molecule has 21 heavy (non-hydrogen) atoms. The summed E-state index contributed by atoms with van der Waals surface area (Å²) in [5, 5.41) is 12.4. The number of nitrogens with one attached hydrogen (secondary N) is 1. The Bertz CT molecular complexity index is 466. The minimum atomic E-state index is 0.396. The maximum atomic E-state index is 8.91. The molecular weight excluding hydrogens is 258 g/mol. The number of hydrogen-bond acceptors (Lipinski definition) is 3. The lowest BCUT2D eigenvalue weighted by atomic mass is 9.95. The van der Waals surface area contributed by atoms with E-state index in [2.05, 4.69) is 49.2 Å². The van der Waals surface area contributed by atoms with Crippen LogP contribution in [0.5, 0.6) is 0 Å². The normalized spacial score (nSPS) is 17.9. The number of hydrogen-bond donors (Lipinski definition) is 1. The van der Waals surface area contributed by atoms with Gasteiger partial charge in [0.15, 0.2) is 0 Å². The minimum Gasteiger partial charge on any atom is -0.317 e. The zero-order valence-electron chi connectivity index (χ0n) is 13.5. The molecule has 0 spiro atoms. The molecule has 3 nitrogen and oxygen atoms in total. The van der Waals surface area contributed by atoms with Crippen LogP contribution in [0.3, 0.4) is 0 Å². The third-order valence-corrected chi connectivity index (χ3v) is 4.61. The summed E-state index contributed by atoms with van der Waals surface area (Å²) in [5.74, 6) is 0.800. The summed E-state index contributed by atoms with van der Waals surface area (Å²) in [4.78, 5) is 2.59. The Balaban J connectivity index is 2.06. The van der Waals surface area contributed by atoms with Gasteiger partial charge in [-0.15, -0.1) is 0 Å². The van der Waals surface area contributed by atoms with Crippen LogP contribution < -0.4 is 5.32 Å². The van der Waals surface area contributed by atoms with Crippen molar-refractivity contribution in [3.05, 3.63) is 35.4 Å². The van der Waals surface area contributed by atoms with Crippen molar-refractivity contribution in [2.45, 2.75) is 45.7 Å². The van der Waals surface area contributed by atoms with Crippen molar-refractivity contribution in [1.82, 2.24) is 10.2 Å². The van der Waals surface area contributed by atoms with Crippen molar-refractivity contribution >= 4 is 0 Å². The van der Waals surface area contributed by atoms with Gasteiger partial charge in [-0.05, 0) is 70.3 Å². The fourth-order valence-electron chi connectivity index (χ4n) is 3.21. The number of nitriles is 1. The Labute approximate surface area is 129 Å². The van der Waals surface area contributed by atoms with Crippen LogP contribution >= 0.6 is 0 Å². The van der Waals surface area contributed by atoms with E-state index in [-0.39, 0.29) is 0 Å². The van der Waals surface area contributed by atoms with Gasteiger partial charge in [-0.3, -0.25) is 4.90 Å². The number of benzene rings is 1. The number of piperidine rings is 1. The molecular formula is C18H27N3. The van der Waals surface area contributed by atoms with Crippen LogP contribution in [0.25, 0.3) is 0 Å². The summed E-state index contributed by atoms with van der Waals surface area (Å²) >= 11 is 0. The summed E-state index contributed by atoms with van der Waals surface area (Å²) in [6, 6.07) is 11.2. The lowest BCUT2D eigenvalue weighted by molar-refractivity contribution is 0.125. The molecule has 2 rings (SSSR count). The average Bonchev–Trinajstić information content (AvgIpc) is 2.53. The van der Waals surface area contributed by atoms with Gasteiger partial charge in [-0.25, -0.2) is 0 Å². The third kappa shape index (κ3) is 4.30. The van der Waals surface area contributed by atoms with E-state index >= 15 is 0 Å². The summed E-state index contributed by atoms with van der Waals surface area (Å²) in [7, 11) is 0. The Morgan fingerprint density at radius 3 is 2.33 bits per heavy atom. The van der Waals surface area contributed by atoms with Crippen LogP contribution in [-0.2, 0) is 0 Å². The number of nitrogens with zero attached hydrogens (tertiary/aromatic N) is 2. The largest absolute Gasteiger partial charge is 0.317 e. The van der Waals surface area contributed by atoms with Crippen LogP contribution in [0.15, 0.2) is 24.3 Å². The first-order chi connectivity index (χ1) is 10.1. The Morgan fingerprint density at radius 2 is 1.81 bits per heavy atom. The Morgan fingerprint density at radius 1 is 1.19 bits per heavy atom. The second kappa shape index (κ2) is 7.59. The SMILES string of the molecule is CC(C)N(CC1CCNCC1)C(C)c1ccc(C#N)cc1. The molecule has 1 aliphatic rings. The highest BCUT2D eigenvalue weighted by Gasteiger charge is 2.23. The van der Waals surface area contributed by atoms with Crippen molar-refractivity contribution in [2.75, 3.05) is 19.6 Å². The van der Waals surface area contributed by atoms with E-state index in [1.165, 1.54) is 24.9 Å². The quantitative estimate of drug-likeness (QED) is 0.902. The van der Waals surface area contributed by atoms with Gasteiger partial charge in [0.05, 0.1) is 11.6 Å². The highest BCUT2D eigenvalue weighted by molar-refractivity contribution is 5.32. The first kappa shape index (κ1) is 16.0. The van der Waals surface area contributed by atoms with Crippen LogP contribution in [0.2, 0.25) is 0 Å². The first-order valence-electron chi connectivity index (χ1n) is 8.08. The van der Waals surface area contributed by atoms with Gasteiger partial charge in [0.2, 0.25) is 0 Å². The topological polar surface area (TPSA) is 39.1 Å². The maximum absolute atomic E-state index is 8.91. The average molecular weight is 285 g/mol. The highest BCUT2D eigenvalue weighted by atomic mass is 15.2. The van der Waals surface area contributed by atoms with Gasteiger partial charge in [0.1, 0.15) is 0 Å². The smallest absolute Gasteiger partial charge is 0.0991 e. The van der Waals surface area contributed by atoms with Crippen molar-refractivity contribution in [3.63, 3.8) is 0 Å². The van der Waals surface area contributed by atoms with E-state index in [4.69, 9.17) is 5.26 Å². The zero-order chi connectivity index (χ0) is 15.2. The molecule has 114 valence electrons. The molecule has 1 unspecified atom stereocenters. The summed E-state index contributed by atoms with van der Waals surface area (Å²) < 4.78 is 0. The van der Waals surface area contributed by atoms with Crippen molar-refractivity contribution in [2.24, 2.45) is 5.92 Å². The van der Waals surface area contributed by atoms with E-state index in [0.717, 1.165) is 24.6 Å². The van der Waals surface area contributed by atoms with Crippen LogP contribution in [0.1, 0.15) is 50.8 Å². The predicted octanol–water partition coefficient (Wildman–Crippen LogP) is 3.33. The van der Waals surface area contributed by atoms with Crippen LogP contribution in [0, 0.1) is 17.2 Å². The molecule has 0 radical (unpaired) electrons. The Hall–Kier alpha value is -1.37. The molecule has 1 aliphatic heterocycles. The van der Waals surface area contributed by atoms with Crippen molar-refractivity contribution < 1.29 is 0 Å². The number of rotatable bonds is 5. The van der Waals surface area contributed by atoms with Gasteiger partial charge in [-0.1, -0.05) is 12.1 Å². The van der Waals surface area contributed by atoms with E-state index < -0.39 is 0 Å². The maximum Gasteiger partial charge on any atom is 0.0991 e. The van der Waals surface area contributed by atoms with Crippen LogP contribution in [0.4, 0.5) is 0 Å². The minimum absolute atomic E-state index is 0.396. The molecule has 1 saturated heterocycles. The second-order valence-corrected chi connectivity index (χ2v) is 6.39. The molecule has 1 heterocycles. The molecule has 3 heteroatoms. The summed E-state index contributed by atoms with van der Waals surface area (Å²) in [6.07, 6.45) is 2.56. The monoisotopic (exact) mass is 285 g/mol. The van der Waals surface area contributed by atoms with Gasteiger partial charge in [-0.2, -0.15) is 5.26 Å². The zero-order valence-corrected chi connectivity index (χ0v) is 13.5. The fraction of sp³-hybridized carbons (Fsp3) is 0.611. The fourth-order valence-corrected chi connectivity index (χ4v) is 3.21. The molecule has 1 aromatic rings. The van der Waals surface area contributed by atoms with E-state index in [0.29, 0.717) is 12.1 Å². The molecule has 1 atom stereocenters. The molecule has 0 aromatic heterocycles. The highest BCUT2D eigenvalue weighted by Crippen LogP contribution is 2.26. The summed E-state index contributed by atoms with van der Waals surface area (Å²) in [5.41, 5.74) is 2.04. The van der Waals surface area contributed by atoms with E-state index in [9.17, 15) is 0 Å². The lowest BCUT2D eigenvalue weighted by Crippen LogP contribution is -2.40. The molecule has 0 amide bonds. The molecule has 1 aromatic carbocycles. The lowest BCUT2D eigenvalue weighted by Gasteiger charge is -2.37. The van der Waals surface area contributed by atoms with Gasteiger partial charge in [0.25, 0.3) is 0 Å². The third-order valence-electron chi connectivity index (χ3n) is 4.61. The van der Waals surface area contributed by atoms with Crippen molar-refractivity contribution in [3.8, 4) is 6.07 Å². The Kier molecular flexibility index (Phi) is 5.78. The molecule has 0 bridgehead atoms. The summed E-state index contributed by atoms with van der Waals surface area (Å²) in [6.45, 7) is 10.3. The molecule has 0 aliphatic carbocycles. The van der Waals surface area contributed by atoms with E-state index in [1.54, 1.807) is 0 Å². The van der Waals surface area contributed by atoms with Gasteiger partial charge < -0.3 is 5.32 Å². The standard InChI is InChI=1S/C18H27N3/c1-14(2)21(13-17-8-10-20-11-9-17)15(3)18-6-4-16(12-19)5-7-18/h4-7,14-15,17,20H,8-11,13H2,1-3H3. The van der Waals surface area contributed by atoms with E-state index in [1.807, 2.05) is 12.1 Å². The molecule has 1 N–H and O–H groups in total. The van der Waals surface area contributed by atoms with Crippen molar-refractivity contribution in [1.29, 1.82) is 5.26 Å². The predicted molar refractivity (Wildman–Crippen MR) is 87.0 cm³/mol. The second-order valence-electron chi connectivity index (χ2n) is 6.39. The molecule has 0 saturated carbocycles.